The van der Waals surface area contributed by atoms with Crippen LogP contribution in [0, 0.1) is 5.41 Å². The van der Waals surface area contributed by atoms with Crippen LogP contribution in [0.5, 0.6) is 0 Å². The summed E-state index contributed by atoms with van der Waals surface area (Å²) in [7, 11) is 0. The number of hydrogen-bond acceptors (Lipinski definition) is 10. The smallest absolute Gasteiger partial charge is 0.408 e. The lowest BCUT2D eigenvalue weighted by atomic mass is 9.86. The van der Waals surface area contributed by atoms with Gasteiger partial charge in [0, 0.05) is 37.1 Å². The maximum absolute atomic E-state index is 12.8. The van der Waals surface area contributed by atoms with Crippen LogP contribution in [0.15, 0.2) is 0 Å². The number of alkyl carbamates (subject to hydrolysis) is 1. The monoisotopic (exact) mass is 517 g/mol. The average molecular weight is 518 g/mol. The molecule has 1 heterocycles. The summed E-state index contributed by atoms with van der Waals surface area (Å²) in [5.74, 6) is -2.14. The highest BCUT2D eigenvalue weighted by molar-refractivity contribution is 8.13. The molecule has 1 aliphatic rings. The molecule has 13 heteroatoms. The molecule has 1 rings (SSSR count). The van der Waals surface area contributed by atoms with Crippen molar-refractivity contribution in [1.29, 1.82) is 0 Å². The van der Waals surface area contributed by atoms with E-state index in [9.17, 15) is 28.8 Å². The fraction of sp³-hybridized carbons (Fsp3) is 0.727. The van der Waals surface area contributed by atoms with E-state index in [0.29, 0.717) is 5.75 Å². The minimum Gasteiger partial charge on any atom is -0.464 e. The molecule has 0 spiro atoms. The van der Waals surface area contributed by atoms with Crippen LogP contribution in [-0.2, 0) is 38.2 Å². The zero-order chi connectivity index (χ0) is 26.6. The van der Waals surface area contributed by atoms with Gasteiger partial charge in [0.1, 0.15) is 18.8 Å². The van der Waals surface area contributed by atoms with Crippen molar-refractivity contribution in [3.8, 4) is 0 Å². The second kappa shape index (κ2) is 13.9. The fourth-order valence-electron chi connectivity index (χ4n) is 2.72. The van der Waals surface area contributed by atoms with Gasteiger partial charge in [-0.25, -0.2) is 4.79 Å². The molecule has 0 aromatic rings. The van der Waals surface area contributed by atoms with Gasteiger partial charge in [-0.3, -0.25) is 24.0 Å². The van der Waals surface area contributed by atoms with Crippen LogP contribution in [0.25, 0.3) is 0 Å². The Bertz CT molecular complexity index is 808. The second-order valence-corrected chi connectivity index (χ2v) is 10.6. The standard InChI is InChI=1S/C22H35N3O9S/c1-21(2,3)34-20(31)25-12-16(28)32-13-22(4,5)18-19(30)24-9-8-14(26)23-10-11-35-17(29)7-6-15(27)33-18/h18H,6-13H2,1-5H3,(H,23,26)(H,24,30)(H,25,31)/t18-/m0/s1. The van der Waals surface area contributed by atoms with Gasteiger partial charge in [0.15, 0.2) is 11.2 Å². The zero-order valence-corrected chi connectivity index (χ0v) is 21.6. The first-order valence-electron chi connectivity index (χ1n) is 11.2. The number of carbonyl (C=O) groups is 6. The van der Waals surface area contributed by atoms with Crippen molar-refractivity contribution >= 4 is 46.7 Å². The SMILES string of the molecule is CC(C)(C)OC(=O)NCC(=O)OCC(C)(C)[C@H]1OC(=O)CCC(=O)SCCNC(=O)CCNC1=O. The lowest BCUT2D eigenvalue weighted by Crippen LogP contribution is -2.49. The molecule has 35 heavy (non-hydrogen) atoms. The van der Waals surface area contributed by atoms with Gasteiger partial charge >= 0.3 is 18.0 Å². The molecular formula is C22H35N3O9S. The van der Waals surface area contributed by atoms with E-state index in [1.165, 1.54) is 0 Å². The first-order chi connectivity index (χ1) is 16.2. The molecule has 1 fully saturated rings. The average Bonchev–Trinajstić information content (AvgIpc) is 2.74. The van der Waals surface area contributed by atoms with E-state index in [2.05, 4.69) is 16.0 Å². The number of amides is 3. The Balaban J connectivity index is 2.79. The van der Waals surface area contributed by atoms with Crippen LogP contribution in [0.1, 0.15) is 53.9 Å². The van der Waals surface area contributed by atoms with Crippen LogP contribution in [-0.4, -0.2) is 78.7 Å². The van der Waals surface area contributed by atoms with Gasteiger partial charge < -0.3 is 30.2 Å². The van der Waals surface area contributed by atoms with Crippen molar-refractivity contribution in [3.63, 3.8) is 0 Å². The first kappa shape index (κ1) is 30.2. The predicted molar refractivity (Wildman–Crippen MR) is 126 cm³/mol. The van der Waals surface area contributed by atoms with Gasteiger partial charge in [-0.2, -0.15) is 0 Å². The highest BCUT2D eigenvalue weighted by Gasteiger charge is 2.40. The number of esters is 2. The van der Waals surface area contributed by atoms with Gasteiger partial charge in [-0.1, -0.05) is 25.6 Å². The quantitative estimate of drug-likeness (QED) is 0.348. The third-order valence-electron chi connectivity index (χ3n) is 4.45. The molecule has 0 aliphatic carbocycles. The fourth-order valence-corrected chi connectivity index (χ4v) is 3.40. The molecule has 0 aromatic heterocycles. The molecular weight excluding hydrogens is 482 g/mol. The Morgan fingerprint density at radius 2 is 1.71 bits per heavy atom. The normalized spacial score (nSPS) is 19.3. The highest BCUT2D eigenvalue weighted by atomic mass is 32.2. The Morgan fingerprint density at radius 3 is 2.37 bits per heavy atom. The van der Waals surface area contributed by atoms with E-state index < -0.39 is 47.6 Å². The zero-order valence-electron chi connectivity index (χ0n) is 20.8. The maximum Gasteiger partial charge on any atom is 0.408 e. The van der Waals surface area contributed by atoms with Crippen LogP contribution >= 0.6 is 11.8 Å². The van der Waals surface area contributed by atoms with E-state index in [0.717, 1.165) is 11.8 Å². The van der Waals surface area contributed by atoms with E-state index >= 15 is 0 Å². The first-order valence-corrected chi connectivity index (χ1v) is 12.2. The van der Waals surface area contributed by atoms with Crippen molar-refractivity contribution in [2.75, 3.05) is 32.0 Å². The summed E-state index contributed by atoms with van der Waals surface area (Å²) < 4.78 is 15.6. The number of ether oxygens (including phenoxy) is 3. The molecule has 1 atom stereocenters. The topological polar surface area (TPSA) is 166 Å². The van der Waals surface area contributed by atoms with Crippen molar-refractivity contribution < 1.29 is 43.0 Å². The second-order valence-electron chi connectivity index (χ2n) is 9.49. The summed E-state index contributed by atoms with van der Waals surface area (Å²) in [5, 5.41) is 7.23. The van der Waals surface area contributed by atoms with Crippen molar-refractivity contribution in [2.24, 2.45) is 5.41 Å². The van der Waals surface area contributed by atoms with Crippen LogP contribution in [0.4, 0.5) is 4.79 Å². The lowest BCUT2D eigenvalue weighted by Gasteiger charge is -2.32. The Morgan fingerprint density at radius 1 is 1.03 bits per heavy atom. The number of carbonyl (C=O) groups excluding carboxylic acids is 6. The third kappa shape index (κ3) is 13.0. The van der Waals surface area contributed by atoms with Gasteiger partial charge in [0.25, 0.3) is 5.91 Å². The van der Waals surface area contributed by atoms with E-state index in [-0.39, 0.29) is 50.0 Å². The number of thioether (sulfide) groups is 1. The Labute approximate surface area is 208 Å². The van der Waals surface area contributed by atoms with Crippen LogP contribution in [0.3, 0.4) is 0 Å². The van der Waals surface area contributed by atoms with Gasteiger partial charge in [0.2, 0.25) is 5.91 Å². The molecule has 3 N–H and O–H groups in total. The molecule has 0 saturated carbocycles. The Kier molecular flexibility index (Phi) is 12.0. The largest absolute Gasteiger partial charge is 0.464 e. The number of rotatable bonds is 5. The van der Waals surface area contributed by atoms with E-state index in [1.807, 2.05) is 0 Å². The summed E-state index contributed by atoms with van der Waals surface area (Å²) in [6.45, 7) is 7.65. The number of cyclic esters (lactones) is 1. The summed E-state index contributed by atoms with van der Waals surface area (Å²) in [4.78, 5) is 72.7. The third-order valence-corrected chi connectivity index (χ3v) is 5.38. The molecule has 1 saturated heterocycles. The van der Waals surface area contributed by atoms with Crippen LogP contribution < -0.4 is 16.0 Å². The number of hydrogen-bond donors (Lipinski definition) is 3. The summed E-state index contributed by atoms with van der Waals surface area (Å²) >= 11 is 1.000. The maximum atomic E-state index is 12.8. The van der Waals surface area contributed by atoms with Crippen molar-refractivity contribution in [2.45, 2.75) is 65.6 Å². The van der Waals surface area contributed by atoms with Gasteiger partial charge in [0.05, 0.1) is 6.42 Å². The van der Waals surface area contributed by atoms with E-state index in [4.69, 9.17) is 14.2 Å². The molecule has 1 aliphatic heterocycles. The molecule has 0 aromatic carbocycles. The van der Waals surface area contributed by atoms with Gasteiger partial charge in [-0.05, 0) is 20.8 Å². The summed E-state index contributed by atoms with van der Waals surface area (Å²) in [6.07, 6.45) is -2.47. The Hall–Kier alpha value is -2.83. The van der Waals surface area contributed by atoms with Gasteiger partial charge in [-0.15, -0.1) is 0 Å². The molecule has 0 radical (unpaired) electrons. The molecule has 198 valence electrons. The molecule has 0 unspecified atom stereocenters. The van der Waals surface area contributed by atoms with Crippen LogP contribution in [0.2, 0.25) is 0 Å². The van der Waals surface area contributed by atoms with Crippen molar-refractivity contribution in [1.82, 2.24) is 16.0 Å². The summed E-state index contributed by atoms with van der Waals surface area (Å²) in [5.41, 5.74) is -1.90. The molecule has 3 amide bonds. The van der Waals surface area contributed by atoms with E-state index in [1.54, 1.807) is 34.6 Å². The molecule has 12 nitrogen and oxygen atoms in total. The number of nitrogens with one attached hydrogen (secondary N) is 3. The van der Waals surface area contributed by atoms with Crippen molar-refractivity contribution in [3.05, 3.63) is 0 Å². The minimum atomic E-state index is -1.36. The predicted octanol–water partition coefficient (Wildman–Crippen LogP) is 0.668. The molecule has 0 bridgehead atoms. The highest BCUT2D eigenvalue weighted by Crippen LogP contribution is 2.25. The lowest BCUT2D eigenvalue weighted by molar-refractivity contribution is -0.168. The summed E-state index contributed by atoms with van der Waals surface area (Å²) in [6, 6.07) is 0. The minimum absolute atomic E-state index is 0.000463.